The van der Waals surface area contributed by atoms with E-state index in [0.29, 0.717) is 5.22 Å². The van der Waals surface area contributed by atoms with Crippen LogP contribution in [0.25, 0.3) is 0 Å². The molecule has 1 unspecified atom stereocenters. The molecule has 0 saturated heterocycles. The van der Waals surface area contributed by atoms with E-state index in [0.717, 1.165) is 31.6 Å². The lowest BCUT2D eigenvalue weighted by Crippen LogP contribution is -2.20. The number of rotatable bonds is 7. The van der Waals surface area contributed by atoms with Crippen LogP contribution in [0.1, 0.15) is 37.1 Å². The smallest absolute Gasteiger partial charge is 0.193 e. The second-order valence-corrected chi connectivity index (χ2v) is 5.00. The largest absolute Gasteiger partial charge is 0.448 e. The van der Waals surface area contributed by atoms with Crippen LogP contribution in [0, 0.1) is 0 Å². The van der Waals surface area contributed by atoms with Crippen molar-refractivity contribution < 1.29 is 4.42 Å². The van der Waals surface area contributed by atoms with E-state index in [-0.39, 0.29) is 6.04 Å². The van der Waals surface area contributed by atoms with Gasteiger partial charge in [-0.1, -0.05) is 37.3 Å². The number of benzene rings is 1. The van der Waals surface area contributed by atoms with Crippen LogP contribution in [0.4, 0.5) is 0 Å². The zero-order valence-corrected chi connectivity index (χ0v) is 12.0. The Kier molecular flexibility index (Phi) is 5.49. The maximum atomic E-state index is 5.84. The van der Waals surface area contributed by atoms with Gasteiger partial charge in [-0.3, -0.25) is 0 Å². The van der Waals surface area contributed by atoms with Crippen LogP contribution in [0.3, 0.4) is 0 Å². The van der Waals surface area contributed by atoms with Gasteiger partial charge in [-0.2, -0.15) is 0 Å². The predicted molar refractivity (Wildman–Crippen MR) is 79.5 cm³/mol. The van der Waals surface area contributed by atoms with Crippen molar-refractivity contribution in [2.45, 2.75) is 32.2 Å². The molecule has 0 aliphatic rings. The Bertz CT molecular complexity index is 481. The Morgan fingerprint density at radius 2 is 1.95 bits per heavy atom. The van der Waals surface area contributed by atoms with Gasteiger partial charge in [0.2, 0.25) is 0 Å². The van der Waals surface area contributed by atoms with Crippen LogP contribution in [0.5, 0.6) is 0 Å². The predicted octanol–water partition coefficient (Wildman–Crippen LogP) is 4.61. The van der Waals surface area contributed by atoms with Gasteiger partial charge in [0.25, 0.3) is 0 Å². The minimum absolute atomic E-state index is 0.251. The molecule has 1 aromatic heterocycles. The second-order valence-electron chi connectivity index (χ2n) is 4.63. The van der Waals surface area contributed by atoms with Crippen molar-refractivity contribution in [2.24, 2.45) is 0 Å². The summed E-state index contributed by atoms with van der Waals surface area (Å²) in [5.41, 5.74) is 1.38. The molecule has 0 saturated carbocycles. The summed E-state index contributed by atoms with van der Waals surface area (Å²) in [4.78, 5) is 0. The monoisotopic (exact) mass is 277 g/mol. The van der Waals surface area contributed by atoms with E-state index < -0.39 is 0 Å². The summed E-state index contributed by atoms with van der Waals surface area (Å²) in [6, 6.07) is 14.6. The van der Waals surface area contributed by atoms with Gasteiger partial charge in [-0.05, 0) is 55.1 Å². The van der Waals surface area contributed by atoms with Gasteiger partial charge in [-0.25, -0.2) is 0 Å². The fourth-order valence-electron chi connectivity index (χ4n) is 2.26. The Hall–Kier alpha value is -1.25. The molecule has 1 N–H and O–H groups in total. The lowest BCUT2D eigenvalue weighted by Gasteiger charge is -2.15. The summed E-state index contributed by atoms with van der Waals surface area (Å²) in [6.07, 6.45) is 3.27. The molecule has 1 heterocycles. The fourth-order valence-corrected chi connectivity index (χ4v) is 2.41. The summed E-state index contributed by atoms with van der Waals surface area (Å²) < 4.78 is 5.50. The van der Waals surface area contributed by atoms with Crippen LogP contribution in [-0.2, 0) is 6.42 Å². The lowest BCUT2D eigenvalue weighted by molar-refractivity contribution is 0.396. The van der Waals surface area contributed by atoms with Gasteiger partial charge in [-0.15, -0.1) is 0 Å². The quantitative estimate of drug-likeness (QED) is 0.800. The van der Waals surface area contributed by atoms with E-state index >= 15 is 0 Å². The number of aryl methyl sites for hydroxylation is 1. The summed E-state index contributed by atoms with van der Waals surface area (Å²) in [5.74, 6) is 0.930. The minimum Gasteiger partial charge on any atom is -0.448 e. The Morgan fingerprint density at radius 3 is 2.58 bits per heavy atom. The molecule has 19 heavy (non-hydrogen) atoms. The van der Waals surface area contributed by atoms with Crippen molar-refractivity contribution in [3.63, 3.8) is 0 Å². The normalized spacial score (nSPS) is 12.5. The molecule has 0 aliphatic heterocycles. The second kappa shape index (κ2) is 7.37. The van der Waals surface area contributed by atoms with Crippen LogP contribution in [0.2, 0.25) is 5.22 Å². The highest BCUT2D eigenvalue weighted by Crippen LogP contribution is 2.24. The Balaban J connectivity index is 1.87. The third kappa shape index (κ3) is 4.41. The molecule has 0 spiro atoms. The summed E-state index contributed by atoms with van der Waals surface area (Å²) in [5, 5.41) is 3.91. The van der Waals surface area contributed by atoms with Crippen molar-refractivity contribution in [2.75, 3.05) is 6.54 Å². The van der Waals surface area contributed by atoms with Crippen LogP contribution >= 0.6 is 11.6 Å². The Labute approximate surface area is 119 Å². The SMILES string of the molecule is CCNC(CCCc1ccccc1)c1ccc(Cl)o1. The lowest BCUT2D eigenvalue weighted by atomic mass is 10.0. The van der Waals surface area contributed by atoms with E-state index in [4.69, 9.17) is 16.0 Å². The highest BCUT2D eigenvalue weighted by Gasteiger charge is 2.13. The first kappa shape index (κ1) is 14.2. The van der Waals surface area contributed by atoms with Crippen molar-refractivity contribution in [1.29, 1.82) is 0 Å². The Morgan fingerprint density at radius 1 is 1.16 bits per heavy atom. The third-order valence-corrected chi connectivity index (χ3v) is 3.39. The molecule has 1 aromatic carbocycles. The molecule has 1 atom stereocenters. The number of furan rings is 1. The molecule has 0 amide bonds. The van der Waals surface area contributed by atoms with Crippen molar-refractivity contribution in [3.05, 3.63) is 59.0 Å². The first-order chi connectivity index (χ1) is 9.29. The van der Waals surface area contributed by atoms with Gasteiger partial charge in [0, 0.05) is 0 Å². The molecule has 0 bridgehead atoms. The van der Waals surface area contributed by atoms with Gasteiger partial charge in [0.15, 0.2) is 5.22 Å². The van der Waals surface area contributed by atoms with Crippen LogP contribution in [0.15, 0.2) is 46.9 Å². The average Bonchev–Trinajstić information content (AvgIpc) is 2.86. The van der Waals surface area contributed by atoms with Crippen LogP contribution < -0.4 is 5.32 Å². The van der Waals surface area contributed by atoms with Gasteiger partial charge in [0.1, 0.15) is 5.76 Å². The first-order valence-corrected chi connectivity index (χ1v) is 7.20. The minimum atomic E-state index is 0.251. The van der Waals surface area contributed by atoms with E-state index in [2.05, 4.69) is 42.6 Å². The number of nitrogens with one attached hydrogen (secondary N) is 1. The molecule has 0 radical (unpaired) electrons. The molecule has 2 nitrogen and oxygen atoms in total. The molecular weight excluding hydrogens is 258 g/mol. The van der Waals surface area contributed by atoms with E-state index in [1.54, 1.807) is 6.07 Å². The number of halogens is 1. The first-order valence-electron chi connectivity index (χ1n) is 6.82. The summed E-state index contributed by atoms with van der Waals surface area (Å²) in [6.45, 7) is 3.03. The molecule has 3 heteroatoms. The third-order valence-electron chi connectivity index (χ3n) is 3.19. The van der Waals surface area contributed by atoms with E-state index in [9.17, 15) is 0 Å². The standard InChI is InChI=1S/C16H20ClNO/c1-2-18-14(15-11-12-16(17)19-15)10-6-9-13-7-4-3-5-8-13/h3-5,7-8,11-12,14,18H,2,6,9-10H2,1H3. The zero-order chi connectivity index (χ0) is 13.5. The van der Waals surface area contributed by atoms with E-state index in [1.165, 1.54) is 5.56 Å². The molecular formula is C16H20ClNO. The maximum Gasteiger partial charge on any atom is 0.193 e. The highest BCUT2D eigenvalue weighted by atomic mass is 35.5. The van der Waals surface area contributed by atoms with Crippen molar-refractivity contribution in [1.82, 2.24) is 5.32 Å². The highest BCUT2D eigenvalue weighted by molar-refractivity contribution is 6.28. The molecule has 2 aromatic rings. The zero-order valence-electron chi connectivity index (χ0n) is 11.2. The molecule has 2 rings (SSSR count). The van der Waals surface area contributed by atoms with Gasteiger partial charge >= 0.3 is 0 Å². The summed E-state index contributed by atoms with van der Waals surface area (Å²) in [7, 11) is 0. The van der Waals surface area contributed by atoms with Crippen molar-refractivity contribution in [3.8, 4) is 0 Å². The topological polar surface area (TPSA) is 25.2 Å². The maximum absolute atomic E-state index is 5.84. The average molecular weight is 278 g/mol. The van der Waals surface area contributed by atoms with E-state index in [1.807, 2.05) is 6.07 Å². The fraction of sp³-hybridized carbons (Fsp3) is 0.375. The van der Waals surface area contributed by atoms with Crippen LogP contribution in [-0.4, -0.2) is 6.54 Å². The molecule has 102 valence electrons. The molecule has 0 fully saturated rings. The van der Waals surface area contributed by atoms with Gasteiger partial charge in [0.05, 0.1) is 6.04 Å². The van der Waals surface area contributed by atoms with Crippen molar-refractivity contribution >= 4 is 11.6 Å². The summed E-state index contributed by atoms with van der Waals surface area (Å²) >= 11 is 5.84. The number of hydrogen-bond acceptors (Lipinski definition) is 2. The van der Waals surface area contributed by atoms with Gasteiger partial charge < -0.3 is 9.73 Å². The molecule has 0 aliphatic carbocycles. The number of hydrogen-bond donors (Lipinski definition) is 1.